The van der Waals surface area contributed by atoms with Gasteiger partial charge in [0.15, 0.2) is 0 Å². The fraction of sp³-hybridized carbons (Fsp3) is 1.00. The number of hydrogen-bond acceptors (Lipinski definition) is 8. The molecule has 20 heavy (non-hydrogen) atoms. The molecule has 0 N–H and O–H groups in total. The summed E-state index contributed by atoms with van der Waals surface area (Å²) in [5.41, 5.74) is -4.48. The van der Waals surface area contributed by atoms with Crippen molar-refractivity contribution >= 4 is 91.5 Å². The fourth-order valence-corrected chi connectivity index (χ4v) is 6.88. The summed E-state index contributed by atoms with van der Waals surface area (Å²) in [7, 11) is 4.75. The van der Waals surface area contributed by atoms with Gasteiger partial charge in [-0.25, -0.2) is 0 Å². The number of halogens is 1. The maximum absolute atomic E-state index is 5.18. The first-order valence-electron chi connectivity index (χ1n) is 5.55. The van der Waals surface area contributed by atoms with E-state index in [0.717, 1.165) is 23.5 Å². The summed E-state index contributed by atoms with van der Waals surface area (Å²) in [5, 5.41) is 0. The van der Waals surface area contributed by atoms with Crippen molar-refractivity contribution in [1.82, 2.24) is 0 Å². The molecule has 4 unspecified atom stereocenters. The molecule has 2 aliphatic rings. The molecule has 2 rings (SSSR count). The monoisotopic (exact) mass is 610 g/mol. The molecule has 2 fully saturated rings. The minimum atomic E-state index is -2.24. The van der Waals surface area contributed by atoms with Gasteiger partial charge >= 0.3 is 32.0 Å². The van der Waals surface area contributed by atoms with Crippen LogP contribution in [-0.4, -0.2) is 47.9 Å². The summed E-state index contributed by atoms with van der Waals surface area (Å²) in [6, 6.07) is 0. The molecule has 0 aromatic carbocycles. The van der Waals surface area contributed by atoms with Crippen LogP contribution in [0.4, 0.5) is 0 Å². The van der Waals surface area contributed by atoms with Gasteiger partial charge in [0.2, 0.25) is 0 Å². The summed E-state index contributed by atoms with van der Waals surface area (Å²) < 4.78 is 20.7. The van der Waals surface area contributed by atoms with Gasteiger partial charge in [0.25, 0.3) is 0 Å². The van der Waals surface area contributed by atoms with Crippen molar-refractivity contribution in [3.8, 4) is 0 Å². The average Bonchev–Trinajstić information content (AvgIpc) is 2.65. The molecule has 2 saturated heterocycles. The first kappa shape index (κ1) is 23.0. The molecule has 0 bridgehead atoms. The molecular formula is C8H16BiClO4P2S4. The van der Waals surface area contributed by atoms with Crippen molar-refractivity contribution in [2.75, 3.05) is 0 Å². The third-order valence-corrected chi connectivity index (χ3v) is 6.93. The third-order valence-electron chi connectivity index (χ3n) is 2.50. The van der Waals surface area contributed by atoms with Gasteiger partial charge in [-0.15, -0.1) is 0 Å². The molecule has 0 aromatic heterocycles. The second-order valence-corrected chi connectivity index (χ2v) is 13.9. The number of hydrogen-bond donors (Lipinski definition) is 0. The van der Waals surface area contributed by atoms with E-state index in [-0.39, 0.29) is 24.4 Å². The minimum absolute atomic E-state index is 0.0772. The molecule has 4 nitrogen and oxygen atoms in total. The molecule has 0 saturated carbocycles. The molecule has 4 atom stereocenters. The normalized spacial score (nSPS) is 47.0. The summed E-state index contributed by atoms with van der Waals surface area (Å²) >= 11 is 20.3. The average molecular weight is 611 g/mol. The van der Waals surface area contributed by atoms with Crippen molar-refractivity contribution in [3.05, 3.63) is 0 Å². The molecular weight excluding hydrogens is 595 g/mol. The quantitative estimate of drug-likeness (QED) is 0.235. The van der Waals surface area contributed by atoms with Gasteiger partial charge in [0, 0.05) is 0 Å². The third kappa shape index (κ3) is 8.75. The van der Waals surface area contributed by atoms with Gasteiger partial charge in [-0.1, -0.05) is 23.6 Å². The zero-order valence-corrected chi connectivity index (χ0v) is 20.6. The maximum atomic E-state index is 5.18. The van der Waals surface area contributed by atoms with Crippen LogP contribution in [0.5, 0.6) is 0 Å². The van der Waals surface area contributed by atoms with Crippen LogP contribution in [-0.2, 0) is 66.2 Å². The van der Waals surface area contributed by atoms with Crippen LogP contribution in [0, 0.1) is 0 Å². The van der Waals surface area contributed by atoms with E-state index in [0.29, 0.717) is 0 Å². The van der Waals surface area contributed by atoms with E-state index in [4.69, 9.17) is 74.7 Å². The SMILES string of the molecule is CC1OP(=S)([S-])OC1C.CC1OP(=S)([S-])OC1C.[Cl][Bi+2]. The molecule has 0 aromatic rings. The van der Waals surface area contributed by atoms with E-state index in [1.165, 1.54) is 0 Å². The topological polar surface area (TPSA) is 36.9 Å². The Labute approximate surface area is 160 Å². The first-order chi connectivity index (χ1) is 9.02. The Morgan fingerprint density at radius 2 is 0.900 bits per heavy atom. The Hall–Kier alpha value is 3.01. The van der Waals surface area contributed by atoms with Crippen LogP contribution in [0.25, 0.3) is 0 Å². The fourth-order valence-electron chi connectivity index (χ4n) is 1.21. The van der Waals surface area contributed by atoms with E-state index in [9.17, 15) is 0 Å². The van der Waals surface area contributed by atoms with Crippen molar-refractivity contribution in [1.29, 1.82) is 0 Å². The summed E-state index contributed by atoms with van der Waals surface area (Å²) in [4.78, 5) is 0. The molecule has 12 heteroatoms. The van der Waals surface area contributed by atoms with Crippen LogP contribution >= 0.6 is 19.9 Å². The predicted octanol–water partition coefficient (Wildman–Crippen LogP) is 3.47. The molecule has 2 radical (unpaired) electrons. The Morgan fingerprint density at radius 3 is 0.950 bits per heavy atom. The Balaban J connectivity index is 0.000000321. The van der Waals surface area contributed by atoms with Crippen LogP contribution < -0.4 is 0 Å². The van der Waals surface area contributed by atoms with Gasteiger partial charge in [-0.2, -0.15) is 0 Å². The van der Waals surface area contributed by atoms with Crippen LogP contribution in [0.1, 0.15) is 27.7 Å². The van der Waals surface area contributed by atoms with Gasteiger partial charge < -0.3 is 42.6 Å². The number of rotatable bonds is 0. The summed E-state index contributed by atoms with van der Waals surface area (Å²) in [6.45, 7) is 7.69. The summed E-state index contributed by atoms with van der Waals surface area (Å²) in [5.74, 6) is 0. The van der Waals surface area contributed by atoms with Crippen molar-refractivity contribution in [3.63, 3.8) is 0 Å². The molecule has 2 aliphatic heterocycles. The Bertz CT molecular complexity index is 341. The molecule has 0 aliphatic carbocycles. The standard InChI is InChI=1S/2C4H9O2PS2.Bi.ClH/c2*1-3-4(2)6-7(8,9)5-3;;/h2*3-4H,1-2H3,(H,8,9);;1H/q;;+3;/p-3. The zero-order valence-electron chi connectivity index (χ0n) is 11.3. The Kier molecular flexibility index (Phi) is 11.6. The van der Waals surface area contributed by atoms with Crippen LogP contribution in [0.15, 0.2) is 0 Å². The van der Waals surface area contributed by atoms with Crippen molar-refractivity contribution in [2.24, 2.45) is 0 Å². The second kappa shape index (κ2) is 10.1. The van der Waals surface area contributed by atoms with Crippen LogP contribution in [0.2, 0.25) is 0 Å². The molecule has 2 heterocycles. The van der Waals surface area contributed by atoms with Crippen molar-refractivity contribution in [2.45, 2.75) is 52.1 Å². The van der Waals surface area contributed by atoms with Crippen molar-refractivity contribution < 1.29 is 18.1 Å². The molecule has 0 amide bonds. The van der Waals surface area contributed by atoms with Gasteiger partial charge in [-0.3, -0.25) is 0 Å². The molecule has 118 valence electrons. The van der Waals surface area contributed by atoms with Gasteiger partial charge in [0.05, 0.1) is 35.8 Å². The zero-order chi connectivity index (χ0) is 16.1. The summed E-state index contributed by atoms with van der Waals surface area (Å²) in [6.07, 6.45) is 0.309. The van der Waals surface area contributed by atoms with Gasteiger partial charge in [0.1, 0.15) is 0 Å². The Morgan fingerprint density at radius 1 is 0.750 bits per heavy atom. The molecule has 0 spiro atoms. The van der Waals surface area contributed by atoms with Crippen LogP contribution in [0.3, 0.4) is 0 Å². The van der Waals surface area contributed by atoms with E-state index < -0.39 is 11.4 Å². The van der Waals surface area contributed by atoms with E-state index in [2.05, 4.69) is 0 Å². The van der Waals surface area contributed by atoms with E-state index in [1.54, 1.807) is 0 Å². The predicted molar refractivity (Wildman–Crippen MR) is 97.1 cm³/mol. The van der Waals surface area contributed by atoms with E-state index >= 15 is 0 Å². The van der Waals surface area contributed by atoms with Gasteiger partial charge in [-0.05, 0) is 27.7 Å². The second-order valence-electron chi connectivity index (χ2n) is 4.14. The van der Waals surface area contributed by atoms with E-state index in [1.807, 2.05) is 27.7 Å². The first-order valence-corrected chi connectivity index (χ1v) is 17.1.